The molecule has 6 rings (SSSR count). The van der Waals surface area contributed by atoms with Gasteiger partial charge in [0.15, 0.2) is 21.9 Å². The second-order valence-electron chi connectivity index (χ2n) is 16.1. The highest BCUT2D eigenvalue weighted by Crippen LogP contribution is 2.37. The average molecular weight is 845 g/mol. The second-order valence-corrected chi connectivity index (χ2v) is 17.1. The van der Waals surface area contributed by atoms with E-state index in [0.717, 1.165) is 22.9 Å². The van der Waals surface area contributed by atoms with Crippen molar-refractivity contribution in [1.29, 1.82) is 0 Å². The highest BCUT2D eigenvalue weighted by molar-refractivity contribution is 7.99. The van der Waals surface area contributed by atoms with E-state index in [4.69, 9.17) is 44.4 Å². The van der Waals surface area contributed by atoms with E-state index >= 15 is 0 Å². The van der Waals surface area contributed by atoms with Crippen LogP contribution in [-0.2, 0) is 12.8 Å². The van der Waals surface area contributed by atoms with E-state index < -0.39 is 35.0 Å². The molecule has 12 N–H and O–H groups in total. The third kappa shape index (κ3) is 10.1. The fourth-order valence-electron chi connectivity index (χ4n) is 7.46. The lowest BCUT2D eigenvalue weighted by atomic mass is 9.95. The summed E-state index contributed by atoms with van der Waals surface area (Å²) in [5.41, 5.74) is 39.0. The third-order valence-electron chi connectivity index (χ3n) is 11.0. The summed E-state index contributed by atoms with van der Waals surface area (Å²) in [6.45, 7) is 3.82. The van der Waals surface area contributed by atoms with Gasteiger partial charge in [0.2, 0.25) is 0 Å². The van der Waals surface area contributed by atoms with Crippen LogP contribution >= 0.6 is 11.8 Å². The van der Waals surface area contributed by atoms with Crippen LogP contribution in [0.25, 0.3) is 22.1 Å². The number of benzene rings is 4. The first kappa shape index (κ1) is 45.1. The molecule has 15 heteroatoms. The van der Waals surface area contributed by atoms with Gasteiger partial charge >= 0.3 is 0 Å². The minimum atomic E-state index is -1.45. The van der Waals surface area contributed by atoms with Crippen molar-refractivity contribution in [2.24, 2.45) is 34.4 Å². The van der Waals surface area contributed by atoms with E-state index in [-0.39, 0.29) is 56.9 Å². The zero-order valence-corrected chi connectivity index (χ0v) is 35.6. The molecule has 320 valence electrons. The largest absolute Gasteiger partial charge is 0.330 e. The number of hydrogen-bond acceptors (Lipinski definition) is 13. The number of aromatic nitrogens is 4. The number of rotatable bonds is 20. The van der Waals surface area contributed by atoms with E-state index in [2.05, 4.69) is 0 Å². The zero-order chi connectivity index (χ0) is 43.9. The summed E-state index contributed by atoms with van der Waals surface area (Å²) in [6.07, 6.45) is 3.24. The molecule has 2 heterocycles. The number of carbonyl (C=O) groups is 4. The Kier molecular flexibility index (Phi) is 14.5. The Hall–Kier alpha value is -5.39. The molecule has 2 aromatic heterocycles. The van der Waals surface area contributed by atoms with Crippen LogP contribution in [0.2, 0.25) is 0 Å². The molecule has 0 fully saturated rings. The van der Waals surface area contributed by atoms with Gasteiger partial charge in [0.05, 0.1) is 45.2 Å². The first-order chi connectivity index (χ1) is 29.2. The molecule has 61 heavy (non-hydrogen) atoms. The Labute approximate surface area is 359 Å². The third-order valence-corrected chi connectivity index (χ3v) is 11.9. The lowest BCUT2D eigenvalue weighted by Gasteiger charge is -2.25. The predicted molar refractivity (Wildman–Crippen MR) is 241 cm³/mol. The van der Waals surface area contributed by atoms with Crippen molar-refractivity contribution in [3.05, 3.63) is 119 Å². The molecule has 0 aliphatic carbocycles. The molecule has 6 aromatic rings. The zero-order valence-electron chi connectivity index (χ0n) is 34.8. The van der Waals surface area contributed by atoms with Crippen molar-refractivity contribution in [1.82, 2.24) is 19.1 Å². The topological polar surface area (TPSA) is 260 Å². The molecule has 0 amide bonds. The summed E-state index contributed by atoms with van der Waals surface area (Å²) >= 11 is 0.918. The molecule has 0 aliphatic rings. The molecule has 14 nitrogen and oxygen atoms in total. The highest BCUT2D eigenvalue weighted by Gasteiger charge is 2.37. The van der Waals surface area contributed by atoms with E-state index in [9.17, 15) is 19.2 Å². The van der Waals surface area contributed by atoms with Crippen molar-refractivity contribution in [2.75, 3.05) is 13.1 Å². The number of fused-ring (bicyclic) bond motifs is 2. The molecule has 0 aliphatic heterocycles. The lowest BCUT2D eigenvalue weighted by Crippen LogP contribution is -2.48. The summed E-state index contributed by atoms with van der Waals surface area (Å²) in [5, 5.41) is 0.167. The van der Waals surface area contributed by atoms with Crippen LogP contribution in [0.15, 0.2) is 107 Å². The molecular weight excluding hydrogens is 789 g/mol. The standard InChI is InChI=1S/C46H56N10O4S/c1-45(51,25-11-27-47)41(59)55-37-31(39(57)33(49)23-21-29-13-5-3-6-14-29)17-9-19-35(37)53-43(55)61-44-54-36-20-10-18-32(38(36)56(44)42(60)46(2,52)26-12-28-48)40(58)34(50)24-22-30-15-7-4-8-16-30/h3-10,13-20,33-34H,11-12,21-28,47-52H2,1-2H3/t33-,34-,45-,46-/m0/s1. The minimum Gasteiger partial charge on any atom is -0.330 e. The molecule has 0 saturated carbocycles. The molecule has 0 unspecified atom stereocenters. The van der Waals surface area contributed by atoms with Crippen LogP contribution in [0.3, 0.4) is 0 Å². The molecule has 0 saturated heterocycles. The number of nitrogens with zero attached hydrogens (tertiary/aromatic N) is 4. The average Bonchev–Trinajstić information content (AvgIpc) is 3.83. The maximum Gasteiger partial charge on any atom is 0.253 e. The van der Waals surface area contributed by atoms with Crippen LogP contribution in [0.5, 0.6) is 0 Å². The smallest absolute Gasteiger partial charge is 0.253 e. The van der Waals surface area contributed by atoms with Crippen LogP contribution in [0.1, 0.15) is 93.8 Å². The second kappa shape index (κ2) is 19.5. The number of ketones is 2. The van der Waals surface area contributed by atoms with Gasteiger partial charge in [-0.1, -0.05) is 72.8 Å². The monoisotopic (exact) mass is 844 g/mol. The van der Waals surface area contributed by atoms with Gasteiger partial charge in [0.25, 0.3) is 11.8 Å². The number of nitrogens with two attached hydrogens (primary N) is 6. The first-order valence-electron chi connectivity index (χ1n) is 20.6. The van der Waals surface area contributed by atoms with Gasteiger partial charge in [-0.2, -0.15) is 0 Å². The fourth-order valence-corrected chi connectivity index (χ4v) is 8.44. The maximum atomic E-state index is 14.8. The molecule has 0 spiro atoms. The fraction of sp³-hybridized carbons (Fsp3) is 0.348. The highest BCUT2D eigenvalue weighted by atomic mass is 32.2. The molecule has 0 bridgehead atoms. The predicted octanol–water partition coefficient (Wildman–Crippen LogP) is 5.02. The van der Waals surface area contributed by atoms with Crippen molar-refractivity contribution in [3.8, 4) is 0 Å². The number of carbonyl (C=O) groups excluding carboxylic acids is 4. The number of Topliss-reactive ketones (excluding diaryl/α,β-unsaturated/α-hetero) is 2. The summed E-state index contributed by atoms with van der Waals surface area (Å²) in [5.74, 6) is -1.85. The number of hydrogen-bond donors (Lipinski definition) is 6. The van der Waals surface area contributed by atoms with Gasteiger partial charge in [-0.05, 0) is 125 Å². The van der Waals surface area contributed by atoms with Gasteiger partial charge < -0.3 is 34.4 Å². The van der Waals surface area contributed by atoms with Crippen LogP contribution in [0.4, 0.5) is 0 Å². The van der Waals surface area contributed by atoms with Gasteiger partial charge in [-0.15, -0.1) is 0 Å². The summed E-state index contributed by atoms with van der Waals surface area (Å²) in [4.78, 5) is 67.8. The van der Waals surface area contributed by atoms with Crippen LogP contribution in [-0.4, -0.2) is 78.7 Å². The number of imidazole rings is 2. The summed E-state index contributed by atoms with van der Waals surface area (Å²) < 4.78 is 2.65. The lowest BCUT2D eigenvalue weighted by molar-refractivity contribution is 0.0794. The SMILES string of the molecule is C[C@](N)(CCCN)C(=O)n1c(Sc2nc3cccc(C(=O)[C@@H](N)CCc4ccccc4)c3n2C(=O)[C@@](C)(N)CCCN)nc2cccc(C(=O)[C@@H](N)CCc3ccccc3)c21. The first-order valence-corrected chi connectivity index (χ1v) is 21.5. The van der Waals surface area contributed by atoms with Crippen molar-refractivity contribution in [3.63, 3.8) is 0 Å². The van der Waals surface area contributed by atoms with Gasteiger partial charge in [0, 0.05) is 11.1 Å². The Balaban J connectivity index is 1.49. The maximum absolute atomic E-state index is 14.8. The van der Waals surface area contributed by atoms with Crippen LogP contribution < -0.4 is 34.4 Å². The van der Waals surface area contributed by atoms with Crippen molar-refractivity contribution < 1.29 is 19.2 Å². The summed E-state index contributed by atoms with van der Waals surface area (Å²) in [6, 6.07) is 27.6. The van der Waals surface area contributed by atoms with Crippen LogP contribution in [0, 0.1) is 0 Å². The molecular formula is C46H56N10O4S. The normalized spacial score (nSPS) is 14.7. The van der Waals surface area contributed by atoms with Gasteiger partial charge in [0.1, 0.15) is 0 Å². The minimum absolute atomic E-state index is 0.0833. The molecule has 0 radical (unpaired) electrons. The van der Waals surface area contributed by atoms with E-state index in [1.807, 2.05) is 60.7 Å². The van der Waals surface area contributed by atoms with E-state index in [1.165, 1.54) is 9.13 Å². The summed E-state index contributed by atoms with van der Waals surface area (Å²) in [7, 11) is 0. The van der Waals surface area contributed by atoms with Crippen molar-refractivity contribution in [2.45, 2.75) is 98.7 Å². The molecule has 4 aromatic carbocycles. The van der Waals surface area contributed by atoms with Gasteiger partial charge in [-0.25, -0.2) is 9.97 Å². The Bertz CT molecular complexity index is 2340. The van der Waals surface area contributed by atoms with E-state index in [0.29, 0.717) is 62.6 Å². The number of para-hydroxylation sites is 2. The number of aryl methyl sites for hydroxylation is 2. The molecule has 4 atom stereocenters. The Morgan fingerprint density at radius 2 is 0.967 bits per heavy atom. The quantitative estimate of drug-likeness (QED) is 0.0553. The Morgan fingerprint density at radius 1 is 0.590 bits per heavy atom. The Morgan fingerprint density at radius 3 is 1.33 bits per heavy atom. The van der Waals surface area contributed by atoms with Gasteiger partial charge in [-0.3, -0.25) is 28.3 Å². The van der Waals surface area contributed by atoms with E-state index in [1.54, 1.807) is 50.2 Å². The van der Waals surface area contributed by atoms with Crippen molar-refractivity contribution >= 4 is 57.2 Å².